The molecule has 2 aromatic heterocycles. The van der Waals surface area contributed by atoms with Gasteiger partial charge in [-0.25, -0.2) is 4.68 Å². The van der Waals surface area contributed by atoms with Crippen LogP contribution in [0.5, 0.6) is 0 Å². The first-order valence-corrected chi connectivity index (χ1v) is 7.89. The average molecular weight is 290 g/mol. The molecule has 22 heavy (non-hydrogen) atoms. The Hall–Kier alpha value is -2.33. The fraction of sp³-hybridized carbons (Fsp3) is 0.278. The van der Waals surface area contributed by atoms with E-state index in [0.29, 0.717) is 12.0 Å². The van der Waals surface area contributed by atoms with Crippen molar-refractivity contribution in [3.8, 4) is 0 Å². The standard InChI is InChI=1S/C18H18N4/c1-3-14-15-7-12(11-22-6-2-5-21-22)9-19-17(15)8-13-10-20-16(4-1)18(13)14/h1-6,10-11,15,17,19-20H,7-9H2/t15-,17-/m1/s1. The summed E-state index contributed by atoms with van der Waals surface area (Å²) in [5, 5.41) is 9.47. The summed E-state index contributed by atoms with van der Waals surface area (Å²) in [6.07, 6.45) is 10.4. The molecule has 3 heterocycles. The SMILES string of the molecule is C(=C1CN[C@@H]2Cc3c[nH]c4cccc(c34)[C@H]2C1)n1cccn1. The Balaban J connectivity index is 1.57. The molecule has 1 saturated heterocycles. The second-order valence-corrected chi connectivity index (χ2v) is 6.36. The second kappa shape index (κ2) is 4.58. The Labute approximate surface area is 128 Å². The molecular weight excluding hydrogens is 272 g/mol. The first-order chi connectivity index (χ1) is 10.9. The molecule has 0 bridgehead atoms. The Morgan fingerprint density at radius 2 is 2.23 bits per heavy atom. The van der Waals surface area contributed by atoms with Crippen molar-refractivity contribution in [3.63, 3.8) is 0 Å². The van der Waals surface area contributed by atoms with E-state index in [1.165, 1.54) is 27.6 Å². The number of rotatable bonds is 1. The van der Waals surface area contributed by atoms with Gasteiger partial charge in [-0.3, -0.25) is 0 Å². The van der Waals surface area contributed by atoms with E-state index in [-0.39, 0.29) is 0 Å². The first-order valence-electron chi connectivity index (χ1n) is 7.89. The van der Waals surface area contributed by atoms with E-state index < -0.39 is 0 Å². The van der Waals surface area contributed by atoms with Gasteiger partial charge in [0.05, 0.1) is 0 Å². The molecule has 2 aliphatic rings. The van der Waals surface area contributed by atoms with Gasteiger partial charge in [0.25, 0.3) is 0 Å². The Bertz CT molecular complexity index is 856. The average Bonchev–Trinajstić information content (AvgIpc) is 3.19. The second-order valence-electron chi connectivity index (χ2n) is 6.36. The van der Waals surface area contributed by atoms with Crippen LogP contribution in [0.1, 0.15) is 23.5 Å². The highest BCUT2D eigenvalue weighted by Crippen LogP contribution is 2.41. The van der Waals surface area contributed by atoms with Crippen molar-refractivity contribution in [1.29, 1.82) is 0 Å². The third-order valence-corrected chi connectivity index (χ3v) is 5.06. The predicted octanol–water partition coefficient (Wildman–Crippen LogP) is 2.91. The number of aromatic amines is 1. The van der Waals surface area contributed by atoms with E-state index in [4.69, 9.17) is 0 Å². The normalized spacial score (nSPS) is 25.5. The number of hydrogen-bond donors (Lipinski definition) is 2. The van der Waals surface area contributed by atoms with Crippen LogP contribution >= 0.6 is 0 Å². The molecule has 2 N–H and O–H groups in total. The van der Waals surface area contributed by atoms with Gasteiger partial charge in [-0.1, -0.05) is 12.1 Å². The zero-order valence-electron chi connectivity index (χ0n) is 12.3. The van der Waals surface area contributed by atoms with Gasteiger partial charge >= 0.3 is 0 Å². The van der Waals surface area contributed by atoms with Crippen molar-refractivity contribution in [1.82, 2.24) is 20.1 Å². The van der Waals surface area contributed by atoms with E-state index in [9.17, 15) is 0 Å². The lowest BCUT2D eigenvalue weighted by Gasteiger charge is -2.37. The summed E-state index contributed by atoms with van der Waals surface area (Å²) in [5.74, 6) is 0.558. The third kappa shape index (κ3) is 1.77. The minimum Gasteiger partial charge on any atom is -0.361 e. The van der Waals surface area contributed by atoms with Gasteiger partial charge in [-0.15, -0.1) is 0 Å². The predicted molar refractivity (Wildman–Crippen MR) is 87.7 cm³/mol. The molecule has 0 amide bonds. The summed E-state index contributed by atoms with van der Waals surface area (Å²) >= 11 is 0. The van der Waals surface area contributed by atoms with Gasteiger partial charge in [0.1, 0.15) is 0 Å². The van der Waals surface area contributed by atoms with Crippen molar-refractivity contribution in [2.24, 2.45) is 0 Å². The molecule has 0 spiro atoms. The third-order valence-electron chi connectivity index (χ3n) is 5.06. The lowest BCUT2D eigenvalue weighted by atomic mass is 9.75. The summed E-state index contributed by atoms with van der Waals surface area (Å²) in [7, 11) is 0. The van der Waals surface area contributed by atoms with Crippen LogP contribution in [0.25, 0.3) is 17.1 Å². The van der Waals surface area contributed by atoms with Crippen molar-refractivity contribution in [3.05, 3.63) is 59.6 Å². The van der Waals surface area contributed by atoms with E-state index in [1.54, 1.807) is 0 Å². The van der Waals surface area contributed by atoms with Crippen LogP contribution in [0.4, 0.5) is 0 Å². The molecule has 1 fully saturated rings. The van der Waals surface area contributed by atoms with Gasteiger partial charge < -0.3 is 10.3 Å². The molecule has 110 valence electrons. The number of benzene rings is 1. The maximum atomic E-state index is 4.29. The van der Waals surface area contributed by atoms with E-state index in [1.807, 2.05) is 23.1 Å². The number of piperidine rings is 1. The maximum Gasteiger partial charge on any atom is 0.0493 e. The fourth-order valence-electron chi connectivity index (χ4n) is 4.08. The van der Waals surface area contributed by atoms with Crippen LogP contribution in [-0.2, 0) is 6.42 Å². The van der Waals surface area contributed by atoms with E-state index in [2.05, 4.69) is 46.0 Å². The number of fused-ring (bicyclic) bond motifs is 2. The summed E-state index contributed by atoms with van der Waals surface area (Å²) in [6, 6.07) is 9.16. The highest BCUT2D eigenvalue weighted by atomic mass is 15.2. The van der Waals surface area contributed by atoms with Crippen LogP contribution in [0.3, 0.4) is 0 Å². The molecule has 0 unspecified atom stereocenters. The Morgan fingerprint density at radius 3 is 3.14 bits per heavy atom. The molecule has 0 radical (unpaired) electrons. The quantitative estimate of drug-likeness (QED) is 0.724. The number of hydrogen-bond acceptors (Lipinski definition) is 2. The van der Waals surface area contributed by atoms with Crippen molar-refractivity contribution >= 4 is 17.1 Å². The minimum atomic E-state index is 0.545. The van der Waals surface area contributed by atoms with Crippen molar-refractivity contribution < 1.29 is 0 Å². The number of nitrogens with zero attached hydrogens (tertiary/aromatic N) is 2. The number of aromatic nitrogens is 3. The van der Waals surface area contributed by atoms with Crippen molar-refractivity contribution in [2.45, 2.75) is 24.8 Å². The Morgan fingerprint density at radius 1 is 1.23 bits per heavy atom. The van der Waals surface area contributed by atoms with Gasteiger partial charge in [0.2, 0.25) is 0 Å². The molecule has 1 aromatic carbocycles. The van der Waals surface area contributed by atoms with Crippen LogP contribution < -0.4 is 5.32 Å². The maximum absolute atomic E-state index is 4.29. The van der Waals surface area contributed by atoms with Crippen LogP contribution in [0.2, 0.25) is 0 Å². The van der Waals surface area contributed by atoms with Crippen LogP contribution in [0, 0.1) is 0 Å². The fourth-order valence-corrected chi connectivity index (χ4v) is 4.08. The first kappa shape index (κ1) is 12.2. The van der Waals surface area contributed by atoms with Gasteiger partial charge in [0.15, 0.2) is 0 Å². The molecule has 4 heteroatoms. The lowest BCUT2D eigenvalue weighted by Crippen LogP contribution is -2.44. The van der Waals surface area contributed by atoms with Gasteiger partial charge in [-0.05, 0) is 41.7 Å². The molecular formula is C18H18N4. The number of nitrogens with one attached hydrogen (secondary N) is 2. The highest BCUT2D eigenvalue weighted by molar-refractivity contribution is 5.88. The molecule has 4 nitrogen and oxygen atoms in total. The lowest BCUT2D eigenvalue weighted by molar-refractivity contribution is 0.394. The van der Waals surface area contributed by atoms with Crippen LogP contribution in [-0.4, -0.2) is 27.4 Å². The summed E-state index contributed by atoms with van der Waals surface area (Å²) in [4.78, 5) is 3.42. The largest absolute Gasteiger partial charge is 0.361 e. The zero-order chi connectivity index (χ0) is 14.5. The van der Waals surface area contributed by atoms with E-state index >= 15 is 0 Å². The molecule has 0 saturated carbocycles. The monoisotopic (exact) mass is 290 g/mol. The Kier molecular flexibility index (Phi) is 2.55. The van der Waals surface area contributed by atoms with E-state index in [0.717, 1.165) is 19.4 Å². The van der Waals surface area contributed by atoms with Gasteiger partial charge in [-0.2, -0.15) is 5.10 Å². The summed E-state index contributed by atoms with van der Waals surface area (Å²) < 4.78 is 1.91. The molecule has 1 aliphatic carbocycles. The molecule has 1 aliphatic heterocycles. The summed E-state index contributed by atoms with van der Waals surface area (Å²) in [6.45, 7) is 0.955. The molecule has 3 aromatic rings. The highest BCUT2D eigenvalue weighted by Gasteiger charge is 2.34. The van der Waals surface area contributed by atoms with Gasteiger partial charge in [0, 0.05) is 54.2 Å². The van der Waals surface area contributed by atoms with Crippen molar-refractivity contribution in [2.75, 3.05) is 6.54 Å². The molecule has 5 rings (SSSR count). The summed E-state index contributed by atoms with van der Waals surface area (Å²) in [5.41, 5.74) is 5.64. The number of H-pyrrole nitrogens is 1. The van der Waals surface area contributed by atoms with Crippen LogP contribution in [0.15, 0.2) is 48.4 Å². The smallest absolute Gasteiger partial charge is 0.0493 e. The molecule has 2 atom stereocenters. The zero-order valence-corrected chi connectivity index (χ0v) is 12.3. The minimum absolute atomic E-state index is 0.545. The topological polar surface area (TPSA) is 45.6 Å².